The largest absolute Gasteiger partial charge is 0.459 e. The lowest BCUT2D eigenvalue weighted by molar-refractivity contribution is -0.117. The molecular formula is C21H27N3O3. The van der Waals surface area contributed by atoms with E-state index in [-0.39, 0.29) is 17.7 Å². The van der Waals surface area contributed by atoms with Crippen molar-refractivity contribution in [1.29, 1.82) is 0 Å². The smallest absolute Gasteiger partial charge is 0.289 e. The van der Waals surface area contributed by atoms with Crippen LogP contribution in [0.25, 0.3) is 0 Å². The first kappa shape index (κ1) is 19.0. The Labute approximate surface area is 160 Å². The number of nitrogens with zero attached hydrogens (tertiary/aromatic N) is 2. The highest BCUT2D eigenvalue weighted by Crippen LogP contribution is 2.31. The van der Waals surface area contributed by atoms with E-state index in [2.05, 4.69) is 5.32 Å². The lowest BCUT2D eigenvalue weighted by atomic mass is 10.1. The quantitative estimate of drug-likeness (QED) is 0.770. The van der Waals surface area contributed by atoms with Gasteiger partial charge in [-0.2, -0.15) is 0 Å². The Kier molecular flexibility index (Phi) is 5.84. The Balaban J connectivity index is 1.84. The number of hydrogen-bond donors (Lipinski definition) is 1. The summed E-state index contributed by atoms with van der Waals surface area (Å²) in [6.07, 6.45) is 4.30. The van der Waals surface area contributed by atoms with Crippen LogP contribution in [0.2, 0.25) is 0 Å². The van der Waals surface area contributed by atoms with E-state index in [4.69, 9.17) is 4.42 Å². The minimum absolute atomic E-state index is 0.0793. The standard InChI is InChI=1S/C21H27N3O3/c1-4-11-24(21(26)19-6-5-12-27-19)14-16-13-17(9-10-18(16)23(2)3)22-20(25)15-7-8-15/h5-6,9-10,12-13,15H,4,7-8,11,14H2,1-3H3,(H,22,25). The Morgan fingerprint density at radius 1 is 1.22 bits per heavy atom. The van der Waals surface area contributed by atoms with Crippen LogP contribution < -0.4 is 10.2 Å². The van der Waals surface area contributed by atoms with Crippen molar-refractivity contribution in [1.82, 2.24) is 4.90 Å². The van der Waals surface area contributed by atoms with Gasteiger partial charge in [0.2, 0.25) is 5.91 Å². The van der Waals surface area contributed by atoms with Gasteiger partial charge in [0.15, 0.2) is 5.76 Å². The fourth-order valence-corrected chi connectivity index (χ4v) is 3.10. The number of nitrogens with one attached hydrogen (secondary N) is 1. The number of carbonyl (C=O) groups excluding carboxylic acids is 2. The molecule has 1 aliphatic carbocycles. The minimum Gasteiger partial charge on any atom is -0.459 e. The van der Waals surface area contributed by atoms with E-state index in [1.165, 1.54) is 6.26 Å². The monoisotopic (exact) mass is 369 g/mol. The molecule has 27 heavy (non-hydrogen) atoms. The second kappa shape index (κ2) is 8.29. The van der Waals surface area contributed by atoms with Gasteiger partial charge in [0.05, 0.1) is 6.26 Å². The molecule has 6 nitrogen and oxygen atoms in total. The van der Waals surface area contributed by atoms with Crippen LogP contribution in [0, 0.1) is 5.92 Å². The Morgan fingerprint density at radius 3 is 2.59 bits per heavy atom. The highest BCUT2D eigenvalue weighted by atomic mass is 16.3. The normalized spacial score (nSPS) is 13.3. The summed E-state index contributed by atoms with van der Waals surface area (Å²) in [7, 11) is 3.94. The van der Waals surface area contributed by atoms with Gasteiger partial charge in [-0.3, -0.25) is 9.59 Å². The predicted octanol–water partition coefficient (Wildman–Crippen LogP) is 3.75. The van der Waals surface area contributed by atoms with Crippen LogP contribution in [0.5, 0.6) is 0 Å². The van der Waals surface area contributed by atoms with E-state index >= 15 is 0 Å². The molecule has 0 aliphatic heterocycles. The van der Waals surface area contributed by atoms with Gasteiger partial charge >= 0.3 is 0 Å². The maximum Gasteiger partial charge on any atom is 0.289 e. The fraction of sp³-hybridized carbons (Fsp3) is 0.429. The molecule has 0 unspecified atom stereocenters. The van der Waals surface area contributed by atoms with Crippen molar-refractivity contribution in [3.8, 4) is 0 Å². The fourth-order valence-electron chi connectivity index (χ4n) is 3.10. The molecule has 6 heteroatoms. The van der Waals surface area contributed by atoms with Gasteiger partial charge in [0, 0.05) is 44.5 Å². The van der Waals surface area contributed by atoms with Crippen molar-refractivity contribution in [2.45, 2.75) is 32.7 Å². The van der Waals surface area contributed by atoms with Crippen LogP contribution in [0.1, 0.15) is 42.3 Å². The number of anilines is 2. The van der Waals surface area contributed by atoms with Crippen molar-refractivity contribution in [2.75, 3.05) is 30.9 Å². The molecule has 1 aliphatic rings. The van der Waals surface area contributed by atoms with Crippen LogP contribution in [0.3, 0.4) is 0 Å². The average Bonchev–Trinajstić information content (AvgIpc) is 3.35. The molecule has 0 saturated heterocycles. The number of amides is 2. The number of rotatable bonds is 8. The molecule has 2 amide bonds. The van der Waals surface area contributed by atoms with Crippen molar-refractivity contribution in [2.24, 2.45) is 5.92 Å². The summed E-state index contributed by atoms with van der Waals surface area (Å²) in [4.78, 5) is 28.7. The summed E-state index contributed by atoms with van der Waals surface area (Å²) in [5.41, 5.74) is 2.78. The van der Waals surface area contributed by atoms with Crippen LogP contribution in [0.4, 0.5) is 11.4 Å². The Bertz CT molecular complexity index is 795. The van der Waals surface area contributed by atoms with Gasteiger partial charge in [-0.1, -0.05) is 6.92 Å². The molecule has 1 heterocycles. The number of benzene rings is 1. The summed E-state index contributed by atoms with van der Waals surface area (Å²) in [6, 6.07) is 9.27. The first-order chi connectivity index (χ1) is 13.0. The highest BCUT2D eigenvalue weighted by Gasteiger charge is 2.29. The molecule has 0 spiro atoms. The summed E-state index contributed by atoms with van der Waals surface area (Å²) < 4.78 is 5.29. The van der Waals surface area contributed by atoms with Crippen molar-refractivity contribution >= 4 is 23.2 Å². The third-order valence-corrected chi connectivity index (χ3v) is 4.65. The average molecular weight is 369 g/mol. The predicted molar refractivity (Wildman–Crippen MR) is 106 cm³/mol. The van der Waals surface area contributed by atoms with Gasteiger partial charge in [0.25, 0.3) is 5.91 Å². The summed E-state index contributed by atoms with van der Waals surface area (Å²) >= 11 is 0. The van der Waals surface area contributed by atoms with Crippen LogP contribution in [-0.2, 0) is 11.3 Å². The Hall–Kier alpha value is -2.76. The second-order valence-electron chi connectivity index (χ2n) is 7.21. The molecule has 1 aromatic carbocycles. The highest BCUT2D eigenvalue weighted by molar-refractivity contribution is 5.94. The van der Waals surface area contributed by atoms with Gasteiger partial charge in [-0.15, -0.1) is 0 Å². The van der Waals surface area contributed by atoms with E-state index in [0.29, 0.717) is 18.8 Å². The van der Waals surface area contributed by atoms with Crippen molar-refractivity contribution in [3.05, 3.63) is 47.9 Å². The van der Waals surface area contributed by atoms with Gasteiger partial charge in [-0.25, -0.2) is 0 Å². The molecule has 1 fully saturated rings. The molecule has 1 saturated carbocycles. The lowest BCUT2D eigenvalue weighted by Gasteiger charge is -2.25. The minimum atomic E-state index is -0.126. The Morgan fingerprint density at radius 2 is 2.00 bits per heavy atom. The van der Waals surface area contributed by atoms with Crippen LogP contribution in [-0.4, -0.2) is 37.4 Å². The zero-order valence-electron chi connectivity index (χ0n) is 16.2. The SMILES string of the molecule is CCCN(Cc1cc(NC(=O)C2CC2)ccc1N(C)C)C(=O)c1ccco1. The molecule has 144 valence electrons. The first-order valence-corrected chi connectivity index (χ1v) is 9.43. The zero-order valence-corrected chi connectivity index (χ0v) is 16.2. The van der Waals surface area contributed by atoms with Crippen molar-refractivity contribution < 1.29 is 14.0 Å². The number of furan rings is 1. The maximum absolute atomic E-state index is 12.8. The second-order valence-corrected chi connectivity index (χ2v) is 7.21. The van der Waals surface area contributed by atoms with E-state index in [1.807, 2.05) is 44.1 Å². The van der Waals surface area contributed by atoms with E-state index in [9.17, 15) is 9.59 Å². The number of hydrogen-bond acceptors (Lipinski definition) is 4. The van der Waals surface area contributed by atoms with Crippen molar-refractivity contribution in [3.63, 3.8) is 0 Å². The molecule has 0 radical (unpaired) electrons. The summed E-state index contributed by atoms with van der Waals surface area (Å²) in [6.45, 7) is 3.13. The summed E-state index contributed by atoms with van der Waals surface area (Å²) in [5, 5.41) is 2.99. The topological polar surface area (TPSA) is 65.8 Å². The zero-order chi connectivity index (χ0) is 19.4. The molecular weight excluding hydrogens is 342 g/mol. The van der Waals surface area contributed by atoms with E-state index in [1.54, 1.807) is 17.0 Å². The third-order valence-electron chi connectivity index (χ3n) is 4.65. The van der Waals surface area contributed by atoms with Crippen LogP contribution >= 0.6 is 0 Å². The van der Waals surface area contributed by atoms with Crippen LogP contribution in [0.15, 0.2) is 41.0 Å². The van der Waals surface area contributed by atoms with Gasteiger partial charge in [-0.05, 0) is 55.2 Å². The summed E-state index contributed by atoms with van der Waals surface area (Å²) in [5.74, 6) is 0.446. The molecule has 3 rings (SSSR count). The van der Waals surface area contributed by atoms with E-state index < -0.39 is 0 Å². The molecule has 1 N–H and O–H groups in total. The lowest BCUT2D eigenvalue weighted by Crippen LogP contribution is -2.31. The molecule has 1 aromatic heterocycles. The van der Waals surface area contributed by atoms with Gasteiger partial charge < -0.3 is 19.5 Å². The van der Waals surface area contributed by atoms with Gasteiger partial charge in [0.1, 0.15) is 0 Å². The molecule has 0 atom stereocenters. The van der Waals surface area contributed by atoms with E-state index in [0.717, 1.165) is 36.2 Å². The maximum atomic E-state index is 12.8. The first-order valence-electron chi connectivity index (χ1n) is 9.43. The number of carbonyl (C=O) groups is 2. The molecule has 2 aromatic rings. The third kappa shape index (κ3) is 4.70. The molecule has 0 bridgehead atoms.